The maximum Gasteiger partial charge on any atom is 0.280 e. The number of hydrogen-bond donors (Lipinski definition) is 0. The second-order valence-corrected chi connectivity index (χ2v) is 7.98. The summed E-state index contributed by atoms with van der Waals surface area (Å²) in [4.78, 5) is 44.8. The Labute approximate surface area is 180 Å². The molecule has 0 saturated carbocycles. The minimum Gasteiger partial charge on any atom is -0.342 e. The van der Waals surface area contributed by atoms with Crippen molar-refractivity contribution in [2.75, 3.05) is 37.6 Å². The average molecular weight is 429 g/mol. The molecule has 0 spiro atoms. The monoisotopic (exact) mass is 428 g/mol. The number of fused-ring (bicyclic) bond motifs is 1. The molecule has 2 aromatic heterocycles. The first kappa shape index (κ1) is 20.7. The second kappa shape index (κ2) is 9.06. The molecule has 158 valence electrons. The molecule has 0 radical (unpaired) electrons. The smallest absolute Gasteiger partial charge is 0.280 e. The molecule has 0 aliphatic carbocycles. The van der Waals surface area contributed by atoms with Crippen LogP contribution in [0.4, 0.5) is 5.82 Å². The van der Waals surface area contributed by atoms with Gasteiger partial charge in [-0.05, 0) is 45.0 Å². The van der Waals surface area contributed by atoms with Crippen molar-refractivity contribution in [2.45, 2.75) is 32.2 Å². The van der Waals surface area contributed by atoms with E-state index in [-0.39, 0.29) is 23.9 Å². The Morgan fingerprint density at radius 3 is 2.67 bits per heavy atom. The van der Waals surface area contributed by atoms with Crippen molar-refractivity contribution in [1.82, 2.24) is 24.8 Å². The van der Waals surface area contributed by atoms with Crippen molar-refractivity contribution in [3.63, 3.8) is 0 Å². The summed E-state index contributed by atoms with van der Waals surface area (Å²) in [7, 11) is 0. The maximum absolute atomic E-state index is 13.2. The lowest BCUT2D eigenvalue weighted by molar-refractivity contribution is -0.131. The normalized spacial score (nSPS) is 18.7. The molecule has 0 bridgehead atoms. The van der Waals surface area contributed by atoms with Crippen LogP contribution in [-0.4, -0.2) is 69.3 Å². The van der Waals surface area contributed by atoms with E-state index in [1.165, 1.54) is 30.1 Å². The maximum atomic E-state index is 13.2. The van der Waals surface area contributed by atoms with E-state index in [4.69, 9.17) is 11.6 Å². The largest absolute Gasteiger partial charge is 0.342 e. The summed E-state index contributed by atoms with van der Waals surface area (Å²) in [6.07, 6.45) is 7.11. The molecule has 1 atom stereocenters. The van der Waals surface area contributed by atoms with Crippen LogP contribution in [0.2, 0.25) is 5.02 Å². The zero-order chi connectivity index (χ0) is 21.1. The minimum atomic E-state index is -0.539. The number of aromatic nitrogens is 3. The van der Waals surface area contributed by atoms with Crippen molar-refractivity contribution in [3.8, 4) is 0 Å². The Hall–Kier alpha value is -2.58. The Morgan fingerprint density at radius 2 is 1.97 bits per heavy atom. The van der Waals surface area contributed by atoms with E-state index >= 15 is 0 Å². The Bertz CT molecular complexity index is 916. The number of halogens is 1. The van der Waals surface area contributed by atoms with Crippen molar-refractivity contribution in [1.29, 1.82) is 0 Å². The summed E-state index contributed by atoms with van der Waals surface area (Å²) in [5.41, 5.74) is 0.787. The Kier molecular flexibility index (Phi) is 6.24. The predicted octanol–water partition coefficient (Wildman–Crippen LogP) is 2.56. The van der Waals surface area contributed by atoms with Gasteiger partial charge in [-0.1, -0.05) is 11.6 Å². The van der Waals surface area contributed by atoms with Crippen LogP contribution in [-0.2, 0) is 4.79 Å². The number of pyridine rings is 1. The van der Waals surface area contributed by atoms with Gasteiger partial charge in [0.25, 0.3) is 5.91 Å². The zero-order valence-corrected chi connectivity index (χ0v) is 17.8. The molecule has 0 N–H and O–H groups in total. The van der Waals surface area contributed by atoms with Gasteiger partial charge in [0.2, 0.25) is 5.91 Å². The molecule has 30 heavy (non-hydrogen) atoms. The number of carbonyl (C=O) groups excluding carboxylic acids is 2. The van der Waals surface area contributed by atoms with Gasteiger partial charge in [-0.3, -0.25) is 19.5 Å². The van der Waals surface area contributed by atoms with E-state index in [1.807, 2.05) is 11.8 Å². The Morgan fingerprint density at radius 1 is 1.20 bits per heavy atom. The van der Waals surface area contributed by atoms with Crippen molar-refractivity contribution in [2.24, 2.45) is 0 Å². The first-order chi connectivity index (χ1) is 14.6. The predicted molar refractivity (Wildman–Crippen MR) is 113 cm³/mol. The van der Waals surface area contributed by atoms with Crippen LogP contribution in [0.5, 0.6) is 0 Å². The summed E-state index contributed by atoms with van der Waals surface area (Å²) in [5, 5.41) is 0.478. The lowest BCUT2D eigenvalue weighted by atomic mass is 10.1. The molecule has 1 saturated heterocycles. The highest BCUT2D eigenvalue weighted by Crippen LogP contribution is 2.37. The van der Waals surface area contributed by atoms with Crippen molar-refractivity contribution >= 4 is 29.2 Å². The van der Waals surface area contributed by atoms with Gasteiger partial charge >= 0.3 is 0 Å². The highest BCUT2D eigenvalue weighted by Gasteiger charge is 2.42. The third-order valence-electron chi connectivity index (χ3n) is 5.72. The third-order valence-corrected chi connectivity index (χ3v) is 5.94. The lowest BCUT2D eigenvalue weighted by Gasteiger charge is -2.28. The minimum absolute atomic E-state index is 0.00744. The van der Waals surface area contributed by atoms with Crippen LogP contribution < -0.4 is 4.90 Å². The van der Waals surface area contributed by atoms with Crippen LogP contribution in [0.15, 0.2) is 30.7 Å². The molecule has 0 aromatic carbocycles. The fourth-order valence-corrected chi connectivity index (χ4v) is 4.23. The highest BCUT2D eigenvalue weighted by molar-refractivity contribution is 6.30. The average Bonchev–Trinajstić information content (AvgIpc) is 3.37. The molecule has 2 aliphatic rings. The SMILES string of the molecule is CCN(CCN1CCCC1)C(=O)CC1c2nccnc2C(=O)N1c1ccc(Cl)cn1. The first-order valence-corrected chi connectivity index (χ1v) is 10.7. The van der Waals surface area contributed by atoms with Crippen molar-refractivity contribution < 1.29 is 9.59 Å². The van der Waals surface area contributed by atoms with Gasteiger partial charge in [0.15, 0.2) is 5.69 Å². The van der Waals surface area contributed by atoms with E-state index in [1.54, 1.807) is 18.3 Å². The summed E-state index contributed by atoms with van der Waals surface area (Å²) in [6, 6.07) is 2.81. The summed E-state index contributed by atoms with van der Waals surface area (Å²) in [5.74, 6) is 0.125. The van der Waals surface area contributed by atoms with Gasteiger partial charge in [0.05, 0.1) is 23.2 Å². The Balaban J connectivity index is 1.55. The fourth-order valence-electron chi connectivity index (χ4n) is 4.12. The van der Waals surface area contributed by atoms with E-state index in [0.29, 0.717) is 29.6 Å². The topological polar surface area (TPSA) is 82.5 Å². The second-order valence-electron chi connectivity index (χ2n) is 7.54. The molecule has 4 rings (SSSR count). The lowest BCUT2D eigenvalue weighted by Crippen LogP contribution is -2.40. The van der Waals surface area contributed by atoms with Crippen LogP contribution in [0, 0.1) is 0 Å². The standard InChI is InChI=1S/C21H25ClN6O2/c1-2-27(12-11-26-9-3-4-10-26)18(29)13-16-19-20(24-8-7-23-19)21(30)28(16)17-6-5-15(22)14-25-17/h5-8,14,16H,2-4,9-13H2,1H3. The fraction of sp³-hybridized carbons (Fsp3) is 0.476. The van der Waals surface area contributed by atoms with Crippen LogP contribution in [0.25, 0.3) is 0 Å². The van der Waals surface area contributed by atoms with E-state index in [9.17, 15) is 9.59 Å². The first-order valence-electron chi connectivity index (χ1n) is 10.3. The molecule has 2 amide bonds. The van der Waals surface area contributed by atoms with Gasteiger partial charge in [-0.15, -0.1) is 0 Å². The molecular formula is C21H25ClN6O2. The van der Waals surface area contributed by atoms with E-state index in [0.717, 1.165) is 19.6 Å². The van der Waals surface area contributed by atoms with Gasteiger partial charge < -0.3 is 9.80 Å². The van der Waals surface area contributed by atoms with Crippen LogP contribution in [0.3, 0.4) is 0 Å². The number of amides is 2. The number of hydrogen-bond acceptors (Lipinski definition) is 6. The van der Waals surface area contributed by atoms with Crippen molar-refractivity contribution in [3.05, 3.63) is 47.1 Å². The number of carbonyl (C=O) groups is 2. The molecule has 1 unspecified atom stereocenters. The number of nitrogens with zero attached hydrogens (tertiary/aromatic N) is 6. The zero-order valence-electron chi connectivity index (χ0n) is 17.0. The third kappa shape index (κ3) is 4.15. The summed E-state index contributed by atoms with van der Waals surface area (Å²) < 4.78 is 0. The summed E-state index contributed by atoms with van der Waals surface area (Å²) >= 11 is 5.96. The highest BCUT2D eigenvalue weighted by atomic mass is 35.5. The van der Waals surface area contributed by atoms with Crippen LogP contribution >= 0.6 is 11.6 Å². The number of rotatable bonds is 7. The molecule has 2 aliphatic heterocycles. The number of likely N-dealkylation sites (tertiary alicyclic amines) is 1. The van der Waals surface area contributed by atoms with E-state index in [2.05, 4.69) is 19.9 Å². The van der Waals surface area contributed by atoms with E-state index < -0.39 is 6.04 Å². The molecule has 1 fully saturated rings. The molecular weight excluding hydrogens is 404 g/mol. The van der Waals surface area contributed by atoms with Crippen LogP contribution in [0.1, 0.15) is 48.4 Å². The number of anilines is 1. The summed E-state index contributed by atoms with van der Waals surface area (Å²) in [6.45, 7) is 6.36. The molecule has 2 aromatic rings. The quantitative estimate of drug-likeness (QED) is 0.674. The van der Waals surface area contributed by atoms with Gasteiger partial charge in [-0.2, -0.15) is 0 Å². The number of likely N-dealkylation sites (N-methyl/N-ethyl adjacent to an activating group) is 1. The molecule has 9 heteroatoms. The molecule has 8 nitrogen and oxygen atoms in total. The van der Waals surface area contributed by atoms with Gasteiger partial charge in [-0.25, -0.2) is 9.97 Å². The van der Waals surface area contributed by atoms with Gasteiger partial charge in [0.1, 0.15) is 5.82 Å². The van der Waals surface area contributed by atoms with Gasteiger partial charge in [0, 0.05) is 38.2 Å². The molecule has 4 heterocycles.